The number of piperidine rings is 2. The lowest BCUT2D eigenvalue weighted by molar-refractivity contribution is -0.168. The van der Waals surface area contributed by atoms with Crippen LogP contribution in [0.5, 0.6) is 0 Å². The molecule has 2 rings (SSSR count). The average Bonchev–Trinajstić information content (AvgIpc) is 2.49. The van der Waals surface area contributed by atoms with Crippen molar-refractivity contribution in [1.82, 2.24) is 10.2 Å². The molecule has 3 atom stereocenters. The summed E-state index contributed by atoms with van der Waals surface area (Å²) in [7, 11) is 1.51. The van der Waals surface area contributed by atoms with E-state index in [1.54, 1.807) is 0 Å². The Labute approximate surface area is 149 Å². The van der Waals surface area contributed by atoms with Crippen LogP contribution in [0.1, 0.15) is 67.2 Å². The lowest BCUT2D eigenvalue weighted by atomic mass is 9.58. The first-order valence-corrected chi connectivity index (χ1v) is 8.89. The molecule has 6 heteroatoms. The van der Waals surface area contributed by atoms with E-state index in [4.69, 9.17) is 0 Å². The SMILES string of the molecule is CCC1(C)CC(C)(CC2(C)CC(C)(C)C(=O)N(C)C2=O)C(=O)NC1=O. The van der Waals surface area contributed by atoms with Gasteiger partial charge in [0.2, 0.25) is 23.6 Å². The molecule has 0 bridgehead atoms. The third kappa shape index (κ3) is 3.00. The van der Waals surface area contributed by atoms with Crippen LogP contribution in [0.15, 0.2) is 0 Å². The van der Waals surface area contributed by atoms with Crippen LogP contribution < -0.4 is 5.32 Å². The van der Waals surface area contributed by atoms with Gasteiger partial charge in [-0.15, -0.1) is 0 Å². The summed E-state index contributed by atoms with van der Waals surface area (Å²) < 4.78 is 0. The van der Waals surface area contributed by atoms with E-state index in [2.05, 4.69) is 5.32 Å². The van der Waals surface area contributed by atoms with Crippen LogP contribution in [0.3, 0.4) is 0 Å². The number of carbonyl (C=O) groups is 4. The third-order valence-corrected chi connectivity index (χ3v) is 6.20. The topological polar surface area (TPSA) is 83.6 Å². The van der Waals surface area contributed by atoms with Gasteiger partial charge >= 0.3 is 0 Å². The van der Waals surface area contributed by atoms with Crippen molar-refractivity contribution in [2.45, 2.75) is 67.2 Å². The maximum atomic E-state index is 12.9. The van der Waals surface area contributed by atoms with E-state index in [-0.39, 0.29) is 23.6 Å². The first kappa shape index (κ1) is 19.6. The normalized spacial score (nSPS) is 38.8. The van der Waals surface area contributed by atoms with Crippen molar-refractivity contribution < 1.29 is 19.2 Å². The zero-order chi connectivity index (χ0) is 19.4. The van der Waals surface area contributed by atoms with Gasteiger partial charge in [0.1, 0.15) is 0 Å². The monoisotopic (exact) mass is 350 g/mol. The average molecular weight is 350 g/mol. The summed E-state index contributed by atoms with van der Waals surface area (Å²) in [6.45, 7) is 11.1. The minimum Gasteiger partial charge on any atom is -0.296 e. The number of hydrogen-bond acceptors (Lipinski definition) is 4. The first-order valence-electron chi connectivity index (χ1n) is 8.89. The molecule has 0 saturated carbocycles. The molecule has 4 amide bonds. The Bertz CT molecular complexity index is 656. The maximum absolute atomic E-state index is 12.9. The van der Waals surface area contributed by atoms with E-state index >= 15 is 0 Å². The molecule has 2 aliphatic rings. The highest BCUT2D eigenvalue weighted by atomic mass is 16.2. The van der Waals surface area contributed by atoms with Gasteiger partial charge in [-0.2, -0.15) is 0 Å². The van der Waals surface area contributed by atoms with Crippen LogP contribution in [0.4, 0.5) is 0 Å². The second-order valence-corrected chi connectivity index (χ2v) is 9.40. The van der Waals surface area contributed by atoms with Crippen LogP contribution in [-0.4, -0.2) is 35.6 Å². The Kier molecular flexibility index (Phi) is 4.43. The highest BCUT2D eigenvalue weighted by Crippen LogP contribution is 2.52. The summed E-state index contributed by atoms with van der Waals surface area (Å²) in [5.74, 6) is -1.01. The van der Waals surface area contributed by atoms with E-state index < -0.39 is 21.7 Å². The summed E-state index contributed by atoms with van der Waals surface area (Å²) >= 11 is 0. The first-order chi connectivity index (χ1) is 11.2. The fourth-order valence-corrected chi connectivity index (χ4v) is 4.93. The molecule has 0 aromatic carbocycles. The smallest absolute Gasteiger partial charge is 0.234 e. The summed E-state index contributed by atoms with van der Waals surface area (Å²) in [5.41, 5.74) is -2.95. The highest BCUT2D eigenvalue weighted by molar-refractivity contribution is 6.05. The molecule has 2 aliphatic heterocycles. The maximum Gasteiger partial charge on any atom is 0.234 e. The van der Waals surface area contributed by atoms with E-state index in [1.807, 2.05) is 41.5 Å². The van der Waals surface area contributed by atoms with Crippen LogP contribution in [0.2, 0.25) is 0 Å². The van der Waals surface area contributed by atoms with E-state index in [0.29, 0.717) is 25.7 Å². The largest absolute Gasteiger partial charge is 0.296 e. The molecule has 0 aromatic rings. The molecule has 2 saturated heterocycles. The zero-order valence-electron chi connectivity index (χ0n) is 16.4. The number of carbonyl (C=O) groups excluding carboxylic acids is 4. The molecule has 3 unspecified atom stereocenters. The van der Waals surface area contributed by atoms with Gasteiger partial charge in [-0.1, -0.05) is 41.5 Å². The Balaban J connectivity index is 2.38. The standard InChI is InChI=1S/C19H30N2O4/c1-8-17(4)10-18(5,13(23)20-12(17)22)11-19(6)9-16(2,3)14(24)21(7)15(19)25/h8-11H2,1-7H3,(H,20,22,23). The van der Waals surface area contributed by atoms with Crippen molar-refractivity contribution in [3.8, 4) is 0 Å². The van der Waals surface area contributed by atoms with Crippen molar-refractivity contribution in [3.63, 3.8) is 0 Å². The fraction of sp³-hybridized carbons (Fsp3) is 0.789. The van der Waals surface area contributed by atoms with E-state index in [9.17, 15) is 19.2 Å². The minimum absolute atomic E-state index is 0.193. The Morgan fingerprint density at radius 1 is 0.840 bits per heavy atom. The van der Waals surface area contributed by atoms with Crippen molar-refractivity contribution in [2.24, 2.45) is 21.7 Å². The zero-order valence-corrected chi connectivity index (χ0v) is 16.4. The van der Waals surface area contributed by atoms with Crippen molar-refractivity contribution in [3.05, 3.63) is 0 Å². The quantitative estimate of drug-likeness (QED) is 0.792. The van der Waals surface area contributed by atoms with E-state index in [0.717, 1.165) is 0 Å². The molecule has 0 spiro atoms. The highest BCUT2D eigenvalue weighted by Gasteiger charge is 2.57. The van der Waals surface area contributed by atoms with Gasteiger partial charge in [0.05, 0.1) is 0 Å². The Morgan fingerprint density at radius 3 is 1.88 bits per heavy atom. The van der Waals surface area contributed by atoms with Gasteiger partial charge < -0.3 is 0 Å². The summed E-state index contributed by atoms with van der Waals surface area (Å²) in [5, 5.41) is 2.50. The van der Waals surface area contributed by atoms with Crippen LogP contribution in [-0.2, 0) is 19.2 Å². The van der Waals surface area contributed by atoms with Gasteiger partial charge in [-0.25, -0.2) is 0 Å². The number of likely N-dealkylation sites (tertiary alicyclic amines) is 1. The predicted octanol–water partition coefficient (Wildman–Crippen LogP) is 2.27. The summed E-state index contributed by atoms with van der Waals surface area (Å²) in [4.78, 5) is 51.3. The molecular weight excluding hydrogens is 320 g/mol. The number of amides is 4. The van der Waals surface area contributed by atoms with Crippen molar-refractivity contribution >= 4 is 23.6 Å². The van der Waals surface area contributed by atoms with Crippen LogP contribution in [0, 0.1) is 21.7 Å². The second kappa shape index (κ2) is 5.64. The van der Waals surface area contributed by atoms with Gasteiger partial charge in [0.25, 0.3) is 0 Å². The molecule has 6 nitrogen and oxygen atoms in total. The lowest BCUT2D eigenvalue weighted by Gasteiger charge is -2.50. The Hall–Kier alpha value is -1.72. The molecule has 0 aliphatic carbocycles. The van der Waals surface area contributed by atoms with Crippen LogP contribution >= 0.6 is 0 Å². The van der Waals surface area contributed by atoms with Gasteiger partial charge in [-0.3, -0.25) is 29.4 Å². The van der Waals surface area contributed by atoms with Gasteiger partial charge in [0, 0.05) is 28.7 Å². The number of nitrogens with zero attached hydrogens (tertiary/aromatic N) is 1. The number of imide groups is 2. The number of hydrogen-bond donors (Lipinski definition) is 1. The molecule has 1 N–H and O–H groups in total. The van der Waals surface area contributed by atoms with Crippen molar-refractivity contribution in [1.29, 1.82) is 0 Å². The molecule has 2 fully saturated rings. The minimum atomic E-state index is -0.833. The van der Waals surface area contributed by atoms with Crippen LogP contribution in [0.25, 0.3) is 0 Å². The molecule has 2 heterocycles. The molecule has 0 aromatic heterocycles. The third-order valence-electron chi connectivity index (χ3n) is 6.20. The fourth-order valence-electron chi connectivity index (χ4n) is 4.93. The predicted molar refractivity (Wildman–Crippen MR) is 93.2 cm³/mol. The molecular formula is C19H30N2O4. The molecule has 25 heavy (non-hydrogen) atoms. The number of rotatable bonds is 3. The molecule has 140 valence electrons. The van der Waals surface area contributed by atoms with Gasteiger partial charge in [-0.05, 0) is 25.7 Å². The lowest BCUT2D eigenvalue weighted by Crippen LogP contribution is -2.61. The summed E-state index contributed by atoms with van der Waals surface area (Å²) in [6.07, 6.45) is 1.73. The molecule has 0 radical (unpaired) electrons. The number of nitrogens with one attached hydrogen (secondary N) is 1. The Morgan fingerprint density at radius 2 is 1.36 bits per heavy atom. The summed E-state index contributed by atoms with van der Waals surface area (Å²) in [6, 6.07) is 0. The second-order valence-electron chi connectivity index (χ2n) is 9.40. The van der Waals surface area contributed by atoms with Crippen molar-refractivity contribution in [2.75, 3.05) is 7.05 Å². The van der Waals surface area contributed by atoms with E-state index in [1.165, 1.54) is 11.9 Å². The van der Waals surface area contributed by atoms with Gasteiger partial charge in [0.15, 0.2) is 0 Å².